The highest BCUT2D eigenvalue weighted by atomic mass is 19.1. The standard InChI is InChI=1S/C28H32FN3O2/c1-31-14-16-32(17-15-31)28-27(23-9-6-22(7-10-23)20-34-2)13-11-25(30-28)19-26(33)12-8-21-4-3-5-24(29)18-21/h3-7,9-11,13,18H,8,12,14-17,19-20H2,1-2H3. The van der Waals surface area contributed by atoms with Crippen LogP contribution >= 0.6 is 0 Å². The van der Waals surface area contributed by atoms with Crippen molar-refractivity contribution in [1.82, 2.24) is 9.88 Å². The van der Waals surface area contributed by atoms with E-state index in [1.807, 2.05) is 12.1 Å². The van der Waals surface area contributed by atoms with E-state index in [4.69, 9.17) is 9.72 Å². The third kappa shape index (κ3) is 6.27. The van der Waals surface area contributed by atoms with Crippen LogP contribution in [0.15, 0.2) is 60.7 Å². The van der Waals surface area contributed by atoms with Gasteiger partial charge in [-0.3, -0.25) is 4.79 Å². The third-order valence-corrected chi connectivity index (χ3v) is 6.27. The van der Waals surface area contributed by atoms with E-state index in [1.165, 1.54) is 12.1 Å². The van der Waals surface area contributed by atoms with Crippen LogP contribution in [0.5, 0.6) is 0 Å². The van der Waals surface area contributed by atoms with Gasteiger partial charge in [0.2, 0.25) is 0 Å². The van der Waals surface area contributed by atoms with Crippen LogP contribution in [-0.2, 0) is 29.0 Å². The molecule has 4 rings (SSSR count). The van der Waals surface area contributed by atoms with E-state index < -0.39 is 0 Å². The maximum atomic E-state index is 13.4. The molecule has 2 aromatic carbocycles. The maximum absolute atomic E-state index is 13.4. The number of aromatic nitrogens is 1. The maximum Gasteiger partial charge on any atom is 0.139 e. The Kier molecular flexibility index (Phi) is 8.03. The number of aryl methyl sites for hydroxylation is 1. The lowest BCUT2D eigenvalue weighted by molar-refractivity contribution is -0.118. The van der Waals surface area contributed by atoms with Crippen LogP contribution in [0.4, 0.5) is 10.2 Å². The first-order valence-corrected chi connectivity index (χ1v) is 11.8. The predicted octanol–water partition coefficient (Wildman–Crippen LogP) is 4.53. The van der Waals surface area contributed by atoms with Crippen molar-refractivity contribution in [3.63, 3.8) is 0 Å². The molecule has 3 aromatic rings. The summed E-state index contributed by atoms with van der Waals surface area (Å²) in [6, 6.07) is 18.9. The summed E-state index contributed by atoms with van der Waals surface area (Å²) in [5.41, 5.74) is 4.92. The number of carbonyl (C=O) groups excluding carboxylic acids is 1. The normalized spacial score (nSPS) is 14.4. The van der Waals surface area contributed by atoms with Gasteiger partial charge in [0.25, 0.3) is 0 Å². The van der Waals surface area contributed by atoms with E-state index in [9.17, 15) is 9.18 Å². The summed E-state index contributed by atoms with van der Waals surface area (Å²) in [5.74, 6) is 0.773. The number of nitrogens with zero attached hydrogens (tertiary/aromatic N) is 3. The van der Waals surface area contributed by atoms with Gasteiger partial charge in [-0.2, -0.15) is 0 Å². The van der Waals surface area contributed by atoms with Gasteiger partial charge in [0, 0.05) is 51.7 Å². The van der Waals surface area contributed by atoms with Gasteiger partial charge in [-0.1, -0.05) is 36.4 Å². The molecule has 0 unspecified atom stereocenters. The van der Waals surface area contributed by atoms with Crippen molar-refractivity contribution in [3.8, 4) is 11.1 Å². The minimum absolute atomic E-state index is 0.109. The van der Waals surface area contributed by atoms with E-state index in [0.717, 1.165) is 59.9 Å². The molecule has 0 atom stereocenters. The van der Waals surface area contributed by atoms with E-state index in [2.05, 4.69) is 47.2 Å². The number of hydrogen-bond donors (Lipinski definition) is 0. The molecule has 0 saturated carbocycles. The first-order chi connectivity index (χ1) is 16.5. The summed E-state index contributed by atoms with van der Waals surface area (Å²) >= 11 is 0. The van der Waals surface area contributed by atoms with E-state index >= 15 is 0 Å². The minimum Gasteiger partial charge on any atom is -0.380 e. The number of rotatable bonds is 9. The quantitative estimate of drug-likeness (QED) is 0.469. The Labute approximate surface area is 201 Å². The van der Waals surface area contributed by atoms with Gasteiger partial charge >= 0.3 is 0 Å². The van der Waals surface area contributed by atoms with Gasteiger partial charge in [-0.15, -0.1) is 0 Å². The fourth-order valence-corrected chi connectivity index (χ4v) is 4.28. The van der Waals surface area contributed by atoms with Gasteiger partial charge in [0.15, 0.2) is 0 Å². The molecule has 0 spiro atoms. The van der Waals surface area contributed by atoms with Crippen molar-refractivity contribution in [2.75, 3.05) is 45.2 Å². The second-order valence-corrected chi connectivity index (χ2v) is 8.94. The highest BCUT2D eigenvalue weighted by Crippen LogP contribution is 2.31. The number of pyridine rings is 1. The summed E-state index contributed by atoms with van der Waals surface area (Å²) in [6.07, 6.45) is 1.19. The van der Waals surface area contributed by atoms with Gasteiger partial charge in [0.1, 0.15) is 17.4 Å². The van der Waals surface area contributed by atoms with Crippen LogP contribution in [0.3, 0.4) is 0 Å². The molecule has 1 fully saturated rings. The number of Topliss-reactive ketones (excluding diaryl/α,β-unsaturated/α-hetero) is 1. The Bertz CT molecular complexity index is 1110. The van der Waals surface area contributed by atoms with Crippen molar-refractivity contribution >= 4 is 11.6 Å². The predicted molar refractivity (Wildman–Crippen MR) is 134 cm³/mol. The summed E-state index contributed by atoms with van der Waals surface area (Å²) in [4.78, 5) is 22.3. The highest BCUT2D eigenvalue weighted by Gasteiger charge is 2.20. The Morgan fingerprint density at radius 1 is 1.00 bits per heavy atom. The molecule has 2 heterocycles. The Morgan fingerprint density at radius 3 is 2.47 bits per heavy atom. The minimum atomic E-state index is -0.269. The van der Waals surface area contributed by atoms with E-state index in [0.29, 0.717) is 19.4 Å². The van der Waals surface area contributed by atoms with Gasteiger partial charge in [-0.05, 0) is 54.4 Å². The molecule has 1 aliphatic rings. The summed E-state index contributed by atoms with van der Waals surface area (Å²) < 4.78 is 18.6. The number of halogens is 1. The number of benzene rings is 2. The van der Waals surface area contributed by atoms with Crippen LogP contribution in [0, 0.1) is 5.82 Å². The molecule has 0 aliphatic carbocycles. The SMILES string of the molecule is COCc1ccc(-c2ccc(CC(=O)CCc3cccc(F)c3)nc2N2CCN(C)CC2)cc1. The summed E-state index contributed by atoms with van der Waals surface area (Å²) in [7, 11) is 3.83. The number of piperazine rings is 1. The lowest BCUT2D eigenvalue weighted by atomic mass is 10.0. The van der Waals surface area contributed by atoms with E-state index in [-0.39, 0.29) is 18.0 Å². The average Bonchev–Trinajstić information content (AvgIpc) is 2.84. The number of hydrogen-bond acceptors (Lipinski definition) is 5. The summed E-state index contributed by atoms with van der Waals surface area (Å²) in [6.45, 7) is 4.33. The van der Waals surface area contributed by atoms with Crippen molar-refractivity contribution in [2.24, 2.45) is 0 Å². The molecule has 0 radical (unpaired) electrons. The number of likely N-dealkylation sites (N-methyl/N-ethyl adjacent to an activating group) is 1. The third-order valence-electron chi connectivity index (χ3n) is 6.27. The second-order valence-electron chi connectivity index (χ2n) is 8.94. The van der Waals surface area contributed by atoms with Crippen molar-refractivity contribution < 1.29 is 13.9 Å². The molecule has 1 aliphatic heterocycles. The van der Waals surface area contributed by atoms with Gasteiger partial charge in [0.05, 0.1) is 12.3 Å². The molecule has 5 nitrogen and oxygen atoms in total. The largest absolute Gasteiger partial charge is 0.380 e. The lowest BCUT2D eigenvalue weighted by Gasteiger charge is -2.34. The zero-order valence-electron chi connectivity index (χ0n) is 20.0. The smallest absolute Gasteiger partial charge is 0.139 e. The van der Waals surface area contributed by atoms with Crippen molar-refractivity contribution in [2.45, 2.75) is 25.9 Å². The Morgan fingerprint density at radius 2 is 1.76 bits per heavy atom. The van der Waals surface area contributed by atoms with Crippen LogP contribution in [-0.4, -0.2) is 56.0 Å². The molecule has 0 bridgehead atoms. The number of ketones is 1. The first-order valence-electron chi connectivity index (χ1n) is 11.8. The zero-order valence-corrected chi connectivity index (χ0v) is 20.0. The second kappa shape index (κ2) is 11.4. The van der Waals surface area contributed by atoms with Crippen LogP contribution in [0.2, 0.25) is 0 Å². The molecule has 178 valence electrons. The first kappa shape index (κ1) is 24.0. The summed E-state index contributed by atoms with van der Waals surface area (Å²) in [5, 5.41) is 0. The molecule has 6 heteroatoms. The molecule has 1 saturated heterocycles. The topological polar surface area (TPSA) is 45.7 Å². The molecule has 34 heavy (non-hydrogen) atoms. The molecular formula is C28H32FN3O2. The average molecular weight is 462 g/mol. The number of anilines is 1. The lowest BCUT2D eigenvalue weighted by Crippen LogP contribution is -2.45. The van der Waals surface area contributed by atoms with Gasteiger partial charge in [-0.25, -0.2) is 9.37 Å². The Hall–Kier alpha value is -3.09. The molecule has 0 N–H and O–H groups in total. The zero-order chi connectivity index (χ0) is 23.9. The number of methoxy groups -OCH3 is 1. The van der Waals surface area contributed by atoms with Crippen LogP contribution < -0.4 is 4.90 Å². The van der Waals surface area contributed by atoms with Crippen molar-refractivity contribution in [3.05, 3.63) is 83.3 Å². The van der Waals surface area contributed by atoms with Crippen molar-refractivity contribution in [1.29, 1.82) is 0 Å². The van der Waals surface area contributed by atoms with Crippen LogP contribution in [0.25, 0.3) is 11.1 Å². The molecular weight excluding hydrogens is 429 g/mol. The number of carbonyl (C=O) groups is 1. The molecule has 0 amide bonds. The van der Waals surface area contributed by atoms with Crippen LogP contribution in [0.1, 0.15) is 23.2 Å². The highest BCUT2D eigenvalue weighted by molar-refractivity contribution is 5.82. The monoisotopic (exact) mass is 461 g/mol. The van der Waals surface area contributed by atoms with E-state index in [1.54, 1.807) is 13.2 Å². The molecule has 1 aromatic heterocycles. The number of ether oxygens (including phenoxy) is 1. The van der Waals surface area contributed by atoms with Gasteiger partial charge < -0.3 is 14.5 Å². The fourth-order valence-electron chi connectivity index (χ4n) is 4.28. The Balaban J connectivity index is 1.53. The fraction of sp³-hybridized carbons (Fsp3) is 0.357.